The minimum Gasteiger partial charge on any atom is -0.490 e. The number of primary sulfonamides is 1. The highest BCUT2D eigenvalue weighted by molar-refractivity contribution is 7.89. The first-order valence-electron chi connectivity index (χ1n) is 9.28. The maximum Gasteiger partial charge on any atom is 0.339 e. The van der Waals surface area contributed by atoms with Crippen LogP contribution < -0.4 is 9.88 Å². The fourth-order valence-electron chi connectivity index (χ4n) is 2.99. The van der Waals surface area contributed by atoms with Crippen molar-refractivity contribution < 1.29 is 22.7 Å². The number of nitrogens with two attached hydrogens (primary N) is 1. The molecule has 0 bridgehead atoms. The number of esters is 1. The second kappa shape index (κ2) is 8.84. The van der Waals surface area contributed by atoms with Gasteiger partial charge >= 0.3 is 5.97 Å². The SMILES string of the molecule is NS(=O)(=O)c1ccc(OCCOC(=O)c2cc(-c3cccs3)nc3ccccc23)cc1. The highest BCUT2D eigenvalue weighted by Crippen LogP contribution is 2.28. The number of sulfonamides is 1. The molecule has 0 aliphatic rings. The number of hydrogen-bond acceptors (Lipinski definition) is 7. The highest BCUT2D eigenvalue weighted by atomic mass is 32.2. The summed E-state index contributed by atoms with van der Waals surface area (Å²) in [5.74, 6) is -0.0256. The zero-order chi connectivity index (χ0) is 21.8. The van der Waals surface area contributed by atoms with Crippen molar-refractivity contribution >= 4 is 38.2 Å². The van der Waals surface area contributed by atoms with Crippen molar-refractivity contribution in [2.24, 2.45) is 5.14 Å². The molecule has 0 unspecified atom stereocenters. The predicted molar refractivity (Wildman–Crippen MR) is 119 cm³/mol. The fourth-order valence-corrected chi connectivity index (χ4v) is 4.19. The Morgan fingerprint density at radius 2 is 1.77 bits per heavy atom. The van der Waals surface area contributed by atoms with Crippen molar-refractivity contribution in [3.8, 4) is 16.3 Å². The van der Waals surface area contributed by atoms with Gasteiger partial charge in [-0.25, -0.2) is 23.3 Å². The first-order valence-corrected chi connectivity index (χ1v) is 11.7. The van der Waals surface area contributed by atoms with Crippen LogP contribution >= 0.6 is 11.3 Å². The lowest BCUT2D eigenvalue weighted by Crippen LogP contribution is -2.14. The van der Waals surface area contributed by atoms with Crippen molar-refractivity contribution in [3.05, 3.63) is 77.7 Å². The van der Waals surface area contributed by atoms with Crippen LogP contribution in [0.4, 0.5) is 0 Å². The number of para-hydroxylation sites is 1. The highest BCUT2D eigenvalue weighted by Gasteiger charge is 2.15. The van der Waals surface area contributed by atoms with Gasteiger partial charge in [-0.3, -0.25) is 0 Å². The van der Waals surface area contributed by atoms with Crippen LogP contribution in [0, 0.1) is 0 Å². The Hall–Kier alpha value is -3.27. The van der Waals surface area contributed by atoms with Gasteiger partial charge in [0.25, 0.3) is 0 Å². The number of thiophene rings is 1. The van der Waals surface area contributed by atoms with Gasteiger partial charge < -0.3 is 9.47 Å². The first-order chi connectivity index (χ1) is 14.9. The van der Waals surface area contributed by atoms with Gasteiger partial charge in [-0.2, -0.15) is 0 Å². The van der Waals surface area contributed by atoms with E-state index in [9.17, 15) is 13.2 Å². The van der Waals surface area contributed by atoms with E-state index in [1.54, 1.807) is 17.4 Å². The van der Waals surface area contributed by atoms with E-state index in [4.69, 9.17) is 14.6 Å². The normalized spacial score (nSPS) is 11.4. The molecule has 2 N–H and O–H groups in total. The number of carbonyl (C=O) groups is 1. The Bertz CT molecular complexity index is 1320. The van der Waals surface area contributed by atoms with Crippen molar-refractivity contribution in [3.63, 3.8) is 0 Å². The molecule has 0 saturated carbocycles. The summed E-state index contributed by atoms with van der Waals surface area (Å²) in [5, 5.41) is 7.74. The van der Waals surface area contributed by atoms with E-state index >= 15 is 0 Å². The van der Waals surface area contributed by atoms with Crippen LogP contribution in [-0.4, -0.2) is 32.6 Å². The molecule has 0 spiro atoms. The predicted octanol–water partition coefficient (Wildman–Crippen LogP) is 3.85. The Morgan fingerprint density at radius 1 is 1.00 bits per heavy atom. The van der Waals surface area contributed by atoms with E-state index in [-0.39, 0.29) is 18.1 Å². The third kappa shape index (κ3) is 4.91. The van der Waals surface area contributed by atoms with E-state index in [0.717, 1.165) is 4.88 Å². The molecule has 0 aliphatic heterocycles. The number of ether oxygens (including phenoxy) is 2. The Morgan fingerprint density at radius 3 is 2.48 bits per heavy atom. The molecule has 0 atom stereocenters. The summed E-state index contributed by atoms with van der Waals surface area (Å²) < 4.78 is 33.5. The van der Waals surface area contributed by atoms with E-state index in [1.165, 1.54) is 24.3 Å². The lowest BCUT2D eigenvalue weighted by molar-refractivity contribution is 0.0452. The standard InChI is InChI=1S/C22H18N2O5S2/c23-31(26,27)16-9-7-15(8-10-16)28-11-12-29-22(25)18-14-20(21-6-3-13-30-21)24-19-5-2-1-4-17(18)19/h1-10,13-14H,11-12H2,(H2,23,26,27). The number of carbonyl (C=O) groups excluding carboxylic acids is 1. The lowest BCUT2D eigenvalue weighted by Gasteiger charge is -2.10. The zero-order valence-corrected chi connectivity index (χ0v) is 17.9. The topological polar surface area (TPSA) is 109 Å². The minimum atomic E-state index is -3.75. The Kier molecular flexibility index (Phi) is 5.99. The second-order valence-electron chi connectivity index (χ2n) is 6.55. The molecule has 4 aromatic rings. The van der Waals surface area contributed by atoms with E-state index in [1.807, 2.05) is 41.8 Å². The smallest absolute Gasteiger partial charge is 0.339 e. The molecular formula is C22H18N2O5S2. The van der Waals surface area contributed by atoms with Crippen LogP contribution in [0.3, 0.4) is 0 Å². The summed E-state index contributed by atoms with van der Waals surface area (Å²) in [6, 6.07) is 18.7. The number of rotatable bonds is 7. The average Bonchev–Trinajstić information content (AvgIpc) is 3.30. The summed E-state index contributed by atoms with van der Waals surface area (Å²) in [7, 11) is -3.75. The van der Waals surface area contributed by atoms with Gasteiger partial charge in [0.2, 0.25) is 10.0 Å². The van der Waals surface area contributed by atoms with Crippen LogP contribution in [0.15, 0.2) is 77.0 Å². The molecule has 2 heterocycles. The Balaban J connectivity index is 1.44. The first kappa shape index (κ1) is 21.0. The van der Waals surface area contributed by atoms with Gasteiger partial charge in [0.1, 0.15) is 19.0 Å². The molecule has 0 amide bonds. The Labute approximate surface area is 183 Å². The zero-order valence-electron chi connectivity index (χ0n) is 16.2. The third-order valence-corrected chi connectivity index (χ3v) is 6.27. The average molecular weight is 455 g/mol. The van der Waals surface area contributed by atoms with Gasteiger partial charge in [-0.1, -0.05) is 24.3 Å². The van der Waals surface area contributed by atoms with Crippen LogP contribution in [0.2, 0.25) is 0 Å². The van der Waals surface area contributed by atoms with Gasteiger partial charge in [-0.15, -0.1) is 11.3 Å². The largest absolute Gasteiger partial charge is 0.490 e. The molecule has 158 valence electrons. The molecule has 0 aliphatic carbocycles. The molecule has 0 fully saturated rings. The number of nitrogens with zero attached hydrogens (tertiary/aromatic N) is 1. The van der Waals surface area contributed by atoms with Crippen molar-refractivity contribution in [1.82, 2.24) is 4.98 Å². The molecule has 2 aromatic carbocycles. The number of fused-ring (bicyclic) bond motifs is 1. The number of hydrogen-bond donors (Lipinski definition) is 1. The summed E-state index contributed by atoms with van der Waals surface area (Å²) in [6.07, 6.45) is 0. The monoisotopic (exact) mass is 454 g/mol. The summed E-state index contributed by atoms with van der Waals surface area (Å²) >= 11 is 1.55. The molecular weight excluding hydrogens is 436 g/mol. The molecule has 31 heavy (non-hydrogen) atoms. The van der Waals surface area contributed by atoms with Crippen molar-refractivity contribution in [1.29, 1.82) is 0 Å². The lowest BCUT2D eigenvalue weighted by atomic mass is 10.1. The number of aromatic nitrogens is 1. The second-order valence-corrected chi connectivity index (χ2v) is 9.06. The fraction of sp³-hybridized carbons (Fsp3) is 0.0909. The molecule has 7 nitrogen and oxygen atoms in total. The molecule has 9 heteroatoms. The summed E-state index contributed by atoms with van der Waals surface area (Å²) in [4.78, 5) is 18.4. The van der Waals surface area contributed by atoms with Crippen LogP contribution in [0.1, 0.15) is 10.4 Å². The van der Waals surface area contributed by atoms with E-state index in [2.05, 4.69) is 4.98 Å². The molecule has 2 aromatic heterocycles. The molecule has 0 saturated heterocycles. The minimum absolute atomic E-state index is 0.00242. The van der Waals surface area contributed by atoms with E-state index < -0.39 is 16.0 Å². The number of pyridine rings is 1. The van der Waals surface area contributed by atoms with E-state index in [0.29, 0.717) is 27.9 Å². The van der Waals surface area contributed by atoms with Crippen molar-refractivity contribution in [2.45, 2.75) is 4.90 Å². The maximum atomic E-state index is 12.8. The van der Waals surface area contributed by atoms with Gasteiger partial charge in [0.05, 0.1) is 26.5 Å². The van der Waals surface area contributed by atoms with Crippen molar-refractivity contribution in [2.75, 3.05) is 13.2 Å². The van der Waals surface area contributed by atoms with Crippen LogP contribution in [-0.2, 0) is 14.8 Å². The van der Waals surface area contributed by atoms with Crippen LogP contribution in [0.5, 0.6) is 5.75 Å². The van der Waals surface area contributed by atoms with Crippen LogP contribution in [0.25, 0.3) is 21.5 Å². The summed E-state index contributed by atoms with van der Waals surface area (Å²) in [6.45, 7) is 0.141. The van der Waals surface area contributed by atoms with Gasteiger partial charge in [-0.05, 0) is 47.8 Å². The molecule has 4 rings (SSSR count). The van der Waals surface area contributed by atoms with Gasteiger partial charge in [0.15, 0.2) is 0 Å². The van der Waals surface area contributed by atoms with Gasteiger partial charge in [0, 0.05) is 5.39 Å². The third-order valence-electron chi connectivity index (χ3n) is 4.45. The molecule has 0 radical (unpaired) electrons. The summed E-state index contributed by atoms with van der Waals surface area (Å²) in [5.41, 5.74) is 1.87. The maximum absolute atomic E-state index is 12.8. The quantitative estimate of drug-likeness (QED) is 0.336. The number of benzene rings is 2.